The first-order valence-electron chi connectivity index (χ1n) is 17.6. The molecule has 0 aliphatic heterocycles. The van der Waals surface area contributed by atoms with Gasteiger partial charge in [-0.1, -0.05) is 123 Å². The van der Waals surface area contributed by atoms with Crippen LogP contribution in [-0.4, -0.2) is 0 Å². The molecule has 0 aromatic heterocycles. The Bertz CT molecular complexity index is 1740. The van der Waals surface area contributed by atoms with E-state index in [0.29, 0.717) is 11.8 Å². The molecule has 5 aromatic carbocycles. The van der Waals surface area contributed by atoms with E-state index >= 15 is 0 Å². The zero-order valence-electron chi connectivity index (χ0n) is 27.1. The first kappa shape index (κ1) is 29.1. The lowest BCUT2D eigenvalue weighted by molar-refractivity contribution is 0.399. The van der Waals surface area contributed by atoms with Crippen molar-refractivity contribution < 1.29 is 0 Å². The van der Waals surface area contributed by atoms with E-state index in [4.69, 9.17) is 0 Å². The largest absolute Gasteiger partial charge is 0.310 e. The van der Waals surface area contributed by atoms with Gasteiger partial charge in [0, 0.05) is 17.1 Å². The normalized spacial score (nSPS) is 21.2. The van der Waals surface area contributed by atoms with Gasteiger partial charge in [-0.3, -0.25) is 0 Å². The summed E-state index contributed by atoms with van der Waals surface area (Å²) in [5, 5.41) is 0. The second-order valence-corrected chi connectivity index (χ2v) is 14.2. The van der Waals surface area contributed by atoms with E-state index in [2.05, 4.69) is 145 Å². The van der Waals surface area contributed by atoms with Gasteiger partial charge in [0.2, 0.25) is 0 Å². The molecule has 3 unspecified atom stereocenters. The Hall–Kier alpha value is -4.36. The van der Waals surface area contributed by atoms with Gasteiger partial charge in [0.25, 0.3) is 0 Å². The van der Waals surface area contributed by atoms with Crippen molar-refractivity contribution in [3.63, 3.8) is 0 Å². The molecule has 3 aliphatic rings. The fraction of sp³-hybridized carbons (Fsp3) is 0.289. The van der Waals surface area contributed by atoms with Crippen molar-refractivity contribution in [3.05, 3.63) is 150 Å². The predicted octanol–water partition coefficient (Wildman–Crippen LogP) is 13.0. The highest BCUT2D eigenvalue weighted by molar-refractivity contribution is 5.85. The zero-order chi connectivity index (χ0) is 30.9. The summed E-state index contributed by atoms with van der Waals surface area (Å²) in [5.41, 5.74) is 13.2. The van der Waals surface area contributed by atoms with Crippen LogP contribution in [0.25, 0.3) is 22.3 Å². The van der Waals surface area contributed by atoms with Gasteiger partial charge in [-0.25, -0.2) is 0 Å². The van der Waals surface area contributed by atoms with Crippen molar-refractivity contribution in [1.82, 2.24) is 0 Å². The third kappa shape index (κ3) is 5.96. The molecule has 0 N–H and O–H groups in total. The summed E-state index contributed by atoms with van der Waals surface area (Å²) in [6.07, 6.45) is 13.2. The lowest BCUT2D eigenvalue weighted by Gasteiger charge is -2.29. The summed E-state index contributed by atoms with van der Waals surface area (Å²) in [6.45, 7) is 2.39. The Morgan fingerprint density at radius 2 is 1.09 bits per heavy atom. The van der Waals surface area contributed by atoms with Crippen molar-refractivity contribution >= 4 is 17.1 Å². The molecule has 8 rings (SSSR count). The van der Waals surface area contributed by atoms with Crippen molar-refractivity contribution in [2.75, 3.05) is 4.90 Å². The number of allylic oxidation sites excluding steroid dienone is 2. The third-order valence-corrected chi connectivity index (χ3v) is 11.0. The Morgan fingerprint density at radius 1 is 0.522 bits per heavy atom. The molecule has 3 aliphatic carbocycles. The lowest BCUT2D eigenvalue weighted by Crippen LogP contribution is -2.12. The minimum Gasteiger partial charge on any atom is -0.310 e. The number of nitrogens with zero attached hydrogens (tertiary/aromatic N) is 1. The number of rotatable bonds is 7. The number of anilines is 3. The number of fused-ring (bicyclic) bond motifs is 2. The molecule has 0 heterocycles. The summed E-state index contributed by atoms with van der Waals surface area (Å²) in [6, 6.07) is 47.9. The van der Waals surface area contributed by atoms with Crippen LogP contribution in [0.1, 0.15) is 81.3 Å². The maximum atomic E-state index is 2.55. The molecular formula is C45H45N. The molecule has 230 valence electrons. The minimum absolute atomic E-state index is 0.652. The third-order valence-electron chi connectivity index (χ3n) is 11.0. The predicted molar refractivity (Wildman–Crippen MR) is 195 cm³/mol. The second kappa shape index (κ2) is 12.8. The van der Waals surface area contributed by atoms with E-state index in [-0.39, 0.29) is 0 Å². The van der Waals surface area contributed by atoms with Gasteiger partial charge < -0.3 is 4.90 Å². The van der Waals surface area contributed by atoms with Crippen LogP contribution in [0.3, 0.4) is 0 Å². The Morgan fingerprint density at radius 3 is 1.67 bits per heavy atom. The molecule has 3 atom stereocenters. The van der Waals surface area contributed by atoms with Crippen LogP contribution >= 0.6 is 0 Å². The van der Waals surface area contributed by atoms with Crippen LogP contribution < -0.4 is 4.90 Å². The van der Waals surface area contributed by atoms with Crippen LogP contribution in [0.2, 0.25) is 0 Å². The van der Waals surface area contributed by atoms with Crippen LogP contribution in [-0.2, 0) is 0 Å². The minimum atomic E-state index is 0.652. The number of benzene rings is 5. The molecule has 46 heavy (non-hydrogen) atoms. The number of hydrogen-bond acceptors (Lipinski definition) is 1. The highest BCUT2D eigenvalue weighted by Gasteiger charge is 2.35. The highest BCUT2D eigenvalue weighted by atomic mass is 15.1. The molecule has 0 radical (unpaired) electrons. The molecule has 1 nitrogen and oxygen atoms in total. The Labute approximate surface area is 275 Å². The second-order valence-electron chi connectivity index (χ2n) is 14.2. The van der Waals surface area contributed by atoms with Gasteiger partial charge in [-0.2, -0.15) is 0 Å². The van der Waals surface area contributed by atoms with Crippen molar-refractivity contribution in [1.29, 1.82) is 0 Å². The quantitative estimate of drug-likeness (QED) is 0.168. The molecular weight excluding hydrogens is 555 g/mol. The average molecular weight is 600 g/mol. The summed E-state index contributed by atoms with van der Waals surface area (Å²) < 4.78 is 0. The van der Waals surface area contributed by atoms with Gasteiger partial charge in [-0.15, -0.1) is 0 Å². The van der Waals surface area contributed by atoms with E-state index in [0.717, 1.165) is 11.8 Å². The first-order chi connectivity index (χ1) is 22.7. The fourth-order valence-electron chi connectivity index (χ4n) is 8.72. The van der Waals surface area contributed by atoms with Gasteiger partial charge in [0.1, 0.15) is 0 Å². The molecule has 2 bridgehead atoms. The van der Waals surface area contributed by atoms with Crippen molar-refractivity contribution in [2.24, 2.45) is 11.8 Å². The van der Waals surface area contributed by atoms with Crippen LogP contribution in [0.15, 0.2) is 139 Å². The zero-order valence-corrected chi connectivity index (χ0v) is 27.1. The molecule has 0 saturated heterocycles. The van der Waals surface area contributed by atoms with Gasteiger partial charge in [0.15, 0.2) is 0 Å². The molecule has 0 amide bonds. The van der Waals surface area contributed by atoms with E-state index in [1.165, 1.54) is 102 Å². The maximum absolute atomic E-state index is 2.55. The standard InChI is InChI=1S/C45H45N/c1-32-25-33-27-41(26-32)45(28-33)38-19-23-43(24-20-38)46(42-21-17-37(18-22-42)34-11-5-2-6-12-34)44-30-39(35-13-7-3-8-14-35)29-40(31-44)36-15-9-4-10-16-36/h3-4,7-10,13-25,29-32,34,41,45H,2,5-6,11-12,26-28H2,1H3. The van der Waals surface area contributed by atoms with E-state index in [1.807, 2.05) is 0 Å². The molecule has 0 spiro atoms. The Balaban J connectivity index is 1.22. The van der Waals surface area contributed by atoms with E-state index < -0.39 is 0 Å². The monoisotopic (exact) mass is 599 g/mol. The first-order valence-corrected chi connectivity index (χ1v) is 17.6. The fourth-order valence-corrected chi connectivity index (χ4v) is 8.72. The lowest BCUT2D eigenvalue weighted by atomic mass is 9.82. The average Bonchev–Trinajstić information content (AvgIpc) is 3.43. The number of hydrogen-bond donors (Lipinski definition) is 0. The van der Waals surface area contributed by atoms with Crippen molar-refractivity contribution in [3.8, 4) is 22.3 Å². The topological polar surface area (TPSA) is 3.24 Å². The van der Waals surface area contributed by atoms with Gasteiger partial charge >= 0.3 is 0 Å². The summed E-state index contributed by atoms with van der Waals surface area (Å²) in [5.74, 6) is 2.87. The SMILES string of the molecule is CC1C=C2CC(C1)C(c1ccc(N(c3ccc(C4CCCCC4)cc3)c3cc(-c4ccccc4)cc(-c4ccccc4)c3)cc1)C2. The van der Waals surface area contributed by atoms with Crippen LogP contribution in [0.5, 0.6) is 0 Å². The summed E-state index contributed by atoms with van der Waals surface area (Å²) >= 11 is 0. The molecule has 1 heteroatoms. The van der Waals surface area contributed by atoms with Gasteiger partial charge in [-0.05, 0) is 132 Å². The summed E-state index contributed by atoms with van der Waals surface area (Å²) in [7, 11) is 0. The molecule has 2 fully saturated rings. The van der Waals surface area contributed by atoms with Crippen LogP contribution in [0.4, 0.5) is 17.1 Å². The molecule has 2 saturated carbocycles. The smallest absolute Gasteiger partial charge is 0.0473 e. The Kier molecular flexibility index (Phi) is 8.09. The summed E-state index contributed by atoms with van der Waals surface area (Å²) in [4.78, 5) is 2.48. The molecule has 5 aromatic rings. The van der Waals surface area contributed by atoms with E-state index in [9.17, 15) is 0 Å². The van der Waals surface area contributed by atoms with Gasteiger partial charge in [0.05, 0.1) is 0 Å². The van der Waals surface area contributed by atoms with E-state index in [1.54, 1.807) is 5.57 Å². The van der Waals surface area contributed by atoms with Crippen molar-refractivity contribution in [2.45, 2.75) is 70.1 Å². The highest BCUT2D eigenvalue weighted by Crippen LogP contribution is 2.50. The maximum Gasteiger partial charge on any atom is 0.0473 e. The van der Waals surface area contributed by atoms with Crippen LogP contribution in [0, 0.1) is 11.8 Å².